The van der Waals surface area contributed by atoms with Crippen LogP contribution in [-0.4, -0.2) is 121 Å². The molecule has 0 rings (SSSR count). The minimum absolute atomic E-state index is 0.224. The highest BCUT2D eigenvalue weighted by Crippen LogP contribution is 2.16. The molecule has 0 fully saturated rings. The number of nitrogens with two attached hydrogens (primary N) is 2. The second-order valence-corrected chi connectivity index (χ2v) is 17.5. The number of amides is 2. The van der Waals surface area contributed by atoms with E-state index in [-0.39, 0.29) is 5.91 Å². The van der Waals surface area contributed by atoms with Crippen molar-refractivity contribution in [2.24, 2.45) is 17.4 Å². The van der Waals surface area contributed by atoms with Crippen molar-refractivity contribution in [1.29, 1.82) is 0 Å². The standard InChI is InChI=1S/C47H98N6O7/c48-32-24-28-34-50-38-41(39-51-35-29-25-33-49)30-22-19-21-26-36-52-43(56)31-23-18-16-14-12-10-8-6-4-2-1-3-5-7-9-11-13-15-17-20-27-37-53-47(60)46(59)45(58)44(57)42(55)40-54/h41-42,44-46,50-51,54-55,57-59H,1-40,48-49H2,(H,52,56)(H,53,60)/t42-,44-,45+,46-/m1/s1. The van der Waals surface area contributed by atoms with Gasteiger partial charge in [-0.15, -0.1) is 0 Å². The molecule has 358 valence electrons. The van der Waals surface area contributed by atoms with E-state index in [1.807, 2.05) is 0 Å². The Morgan fingerprint density at radius 3 is 1.22 bits per heavy atom. The van der Waals surface area contributed by atoms with Gasteiger partial charge in [0.2, 0.25) is 5.91 Å². The van der Waals surface area contributed by atoms with E-state index >= 15 is 0 Å². The van der Waals surface area contributed by atoms with Gasteiger partial charge in [-0.05, 0) is 96.6 Å². The topological polar surface area (TPSA) is 235 Å². The number of hydrogen-bond acceptors (Lipinski definition) is 11. The zero-order valence-electron chi connectivity index (χ0n) is 38.4. The fourth-order valence-electron chi connectivity index (χ4n) is 7.67. The summed E-state index contributed by atoms with van der Waals surface area (Å²) in [4.78, 5) is 24.2. The van der Waals surface area contributed by atoms with E-state index in [9.17, 15) is 30.0 Å². The molecule has 0 spiro atoms. The van der Waals surface area contributed by atoms with Gasteiger partial charge in [-0.25, -0.2) is 0 Å². The van der Waals surface area contributed by atoms with E-state index < -0.39 is 36.9 Å². The number of aliphatic hydroxyl groups excluding tert-OH is 5. The second-order valence-electron chi connectivity index (χ2n) is 17.5. The first kappa shape index (κ1) is 58.6. The van der Waals surface area contributed by atoms with Crippen molar-refractivity contribution in [3.63, 3.8) is 0 Å². The van der Waals surface area contributed by atoms with Crippen molar-refractivity contribution in [3.8, 4) is 0 Å². The lowest BCUT2D eigenvalue weighted by Gasteiger charge is -2.24. The van der Waals surface area contributed by atoms with Crippen LogP contribution >= 0.6 is 0 Å². The zero-order valence-corrected chi connectivity index (χ0v) is 38.4. The number of carbonyl (C=O) groups excluding carboxylic acids is 2. The Hall–Kier alpha value is -1.42. The normalized spacial score (nSPS) is 13.7. The molecule has 0 aliphatic heterocycles. The molecule has 13 heteroatoms. The van der Waals surface area contributed by atoms with Crippen LogP contribution in [0.15, 0.2) is 0 Å². The van der Waals surface area contributed by atoms with Crippen LogP contribution in [0.4, 0.5) is 0 Å². The van der Waals surface area contributed by atoms with Gasteiger partial charge in [-0.1, -0.05) is 141 Å². The minimum Gasteiger partial charge on any atom is -0.394 e. The van der Waals surface area contributed by atoms with Gasteiger partial charge in [0.15, 0.2) is 6.10 Å². The molecular weight excluding hydrogens is 761 g/mol. The number of nitrogens with one attached hydrogen (secondary N) is 4. The smallest absolute Gasteiger partial charge is 0.251 e. The monoisotopic (exact) mass is 859 g/mol. The van der Waals surface area contributed by atoms with Crippen molar-refractivity contribution < 1.29 is 35.1 Å². The summed E-state index contributed by atoms with van der Waals surface area (Å²) in [5.41, 5.74) is 11.2. The van der Waals surface area contributed by atoms with E-state index in [1.54, 1.807) is 0 Å². The Balaban J connectivity index is 3.48. The molecule has 0 saturated heterocycles. The highest BCUT2D eigenvalue weighted by Gasteiger charge is 2.33. The number of aliphatic hydroxyl groups is 5. The summed E-state index contributed by atoms with van der Waals surface area (Å²) >= 11 is 0. The number of unbranched alkanes of at least 4 members (excludes halogenated alkanes) is 25. The van der Waals surface area contributed by atoms with Crippen molar-refractivity contribution in [1.82, 2.24) is 21.3 Å². The van der Waals surface area contributed by atoms with Crippen molar-refractivity contribution in [3.05, 3.63) is 0 Å². The van der Waals surface area contributed by atoms with Crippen LogP contribution in [0.25, 0.3) is 0 Å². The predicted molar refractivity (Wildman–Crippen MR) is 248 cm³/mol. The fourth-order valence-corrected chi connectivity index (χ4v) is 7.67. The molecule has 13 nitrogen and oxygen atoms in total. The lowest BCUT2D eigenvalue weighted by molar-refractivity contribution is -0.148. The highest BCUT2D eigenvalue weighted by atomic mass is 16.4. The van der Waals surface area contributed by atoms with Crippen molar-refractivity contribution >= 4 is 11.8 Å². The lowest BCUT2D eigenvalue weighted by Crippen LogP contribution is -2.51. The van der Waals surface area contributed by atoms with Crippen LogP contribution in [0.2, 0.25) is 0 Å². The first-order chi connectivity index (χ1) is 29.3. The van der Waals surface area contributed by atoms with Crippen molar-refractivity contribution in [2.75, 3.05) is 59.0 Å². The largest absolute Gasteiger partial charge is 0.394 e. The van der Waals surface area contributed by atoms with Crippen LogP contribution in [0, 0.1) is 5.92 Å². The third kappa shape index (κ3) is 38.3. The van der Waals surface area contributed by atoms with Crippen molar-refractivity contribution in [2.45, 2.75) is 223 Å². The maximum absolute atomic E-state index is 12.3. The molecule has 0 aliphatic carbocycles. The predicted octanol–water partition coefficient (Wildman–Crippen LogP) is 5.46. The van der Waals surface area contributed by atoms with Crippen LogP contribution in [0.1, 0.15) is 199 Å². The molecular formula is C47H98N6O7. The molecule has 0 aromatic carbocycles. The Bertz CT molecular complexity index is 909. The Labute approximate surface area is 367 Å². The molecule has 0 radical (unpaired) electrons. The quantitative estimate of drug-likeness (QED) is 0.0344. The van der Waals surface area contributed by atoms with Gasteiger partial charge in [0, 0.05) is 19.5 Å². The summed E-state index contributed by atoms with van der Waals surface area (Å²) in [6.07, 6.45) is 29.9. The zero-order chi connectivity index (χ0) is 44.2. The third-order valence-electron chi connectivity index (χ3n) is 11.7. The van der Waals surface area contributed by atoms with E-state index in [2.05, 4.69) is 21.3 Å². The summed E-state index contributed by atoms with van der Waals surface area (Å²) in [5.74, 6) is 0.0809. The number of rotatable bonds is 48. The highest BCUT2D eigenvalue weighted by molar-refractivity contribution is 5.81. The molecule has 0 aliphatic rings. The van der Waals surface area contributed by atoms with Crippen LogP contribution < -0.4 is 32.7 Å². The molecule has 0 aromatic heterocycles. The third-order valence-corrected chi connectivity index (χ3v) is 11.7. The number of carbonyl (C=O) groups is 2. The maximum Gasteiger partial charge on any atom is 0.251 e. The second kappa shape index (κ2) is 45.6. The summed E-state index contributed by atoms with van der Waals surface area (Å²) in [6, 6.07) is 0. The average molecular weight is 859 g/mol. The summed E-state index contributed by atoms with van der Waals surface area (Å²) in [6.45, 7) is 6.19. The van der Waals surface area contributed by atoms with Gasteiger partial charge < -0.3 is 58.3 Å². The molecule has 4 atom stereocenters. The van der Waals surface area contributed by atoms with Gasteiger partial charge in [-0.2, -0.15) is 0 Å². The average Bonchev–Trinajstić information content (AvgIpc) is 3.25. The van der Waals surface area contributed by atoms with Crippen LogP contribution in [-0.2, 0) is 9.59 Å². The molecule has 0 aromatic rings. The van der Waals surface area contributed by atoms with Gasteiger partial charge in [-0.3, -0.25) is 9.59 Å². The Morgan fingerprint density at radius 1 is 0.433 bits per heavy atom. The number of hydrogen-bond donors (Lipinski definition) is 11. The van der Waals surface area contributed by atoms with E-state index in [4.69, 9.17) is 16.6 Å². The first-order valence-corrected chi connectivity index (χ1v) is 25.0. The van der Waals surface area contributed by atoms with Gasteiger partial charge in [0.1, 0.15) is 18.3 Å². The molecule has 60 heavy (non-hydrogen) atoms. The minimum atomic E-state index is -1.87. The Kier molecular flexibility index (Phi) is 44.5. The van der Waals surface area contributed by atoms with Gasteiger partial charge >= 0.3 is 0 Å². The molecule has 0 unspecified atom stereocenters. The van der Waals surface area contributed by atoms with Crippen LogP contribution in [0.5, 0.6) is 0 Å². The maximum atomic E-state index is 12.3. The SMILES string of the molecule is NCCCCNCC(CCCCCCNC(=O)CCCCCCCCCCCCCCCCCCCCCCCNC(=O)[C@H](O)[C@@H](O)[C@H](O)[C@H](O)CO)CNCCCCN. The van der Waals surface area contributed by atoms with Gasteiger partial charge in [0.25, 0.3) is 5.91 Å². The molecule has 2 amide bonds. The lowest BCUT2D eigenvalue weighted by atomic mass is 10.00. The summed E-state index contributed by atoms with van der Waals surface area (Å²) < 4.78 is 0. The fraction of sp³-hybridized carbons (Fsp3) is 0.957. The summed E-state index contributed by atoms with van der Waals surface area (Å²) in [5, 5.41) is 60.3. The van der Waals surface area contributed by atoms with E-state index in [1.165, 1.54) is 128 Å². The van der Waals surface area contributed by atoms with E-state index in [0.717, 1.165) is 110 Å². The summed E-state index contributed by atoms with van der Waals surface area (Å²) in [7, 11) is 0. The first-order valence-electron chi connectivity index (χ1n) is 25.0. The molecule has 13 N–H and O–H groups in total. The van der Waals surface area contributed by atoms with Gasteiger partial charge in [0.05, 0.1) is 6.61 Å². The Morgan fingerprint density at radius 2 is 0.800 bits per heavy atom. The molecule has 0 saturated carbocycles. The molecule has 0 bridgehead atoms. The van der Waals surface area contributed by atoms with E-state index in [0.29, 0.717) is 18.9 Å². The van der Waals surface area contributed by atoms with Crippen LogP contribution in [0.3, 0.4) is 0 Å². The molecule has 0 heterocycles.